The highest BCUT2D eigenvalue weighted by atomic mass is 16.6. The molecule has 2 aromatic rings. The molecule has 9 heteroatoms. The molecule has 0 aromatic carbocycles. The van der Waals surface area contributed by atoms with Crippen molar-refractivity contribution >= 4 is 17.5 Å². The third-order valence-corrected chi connectivity index (χ3v) is 2.93. The van der Waals surface area contributed by atoms with Crippen molar-refractivity contribution in [3.8, 4) is 0 Å². The van der Waals surface area contributed by atoms with Crippen LogP contribution in [0.2, 0.25) is 0 Å². The highest BCUT2D eigenvalue weighted by Crippen LogP contribution is 2.29. The van der Waals surface area contributed by atoms with Crippen LogP contribution in [0, 0.1) is 17.0 Å². The lowest BCUT2D eigenvalue weighted by Crippen LogP contribution is -2.16. The van der Waals surface area contributed by atoms with Gasteiger partial charge in [-0.3, -0.25) is 20.5 Å². The van der Waals surface area contributed by atoms with Gasteiger partial charge in [-0.15, -0.1) is 0 Å². The second kappa shape index (κ2) is 6.09. The summed E-state index contributed by atoms with van der Waals surface area (Å²) in [5.41, 5.74) is 3.28. The molecule has 0 fully saturated rings. The second-order valence-electron chi connectivity index (χ2n) is 4.38. The molecule has 21 heavy (non-hydrogen) atoms. The smallest absolute Gasteiger partial charge is 0.332 e. The molecule has 1 unspecified atom stereocenters. The molecule has 0 bridgehead atoms. The highest BCUT2D eigenvalue weighted by Gasteiger charge is 2.23. The number of aromatic nitrogens is 3. The summed E-state index contributed by atoms with van der Waals surface area (Å²) in [6.07, 6.45) is 3.31. The Labute approximate surface area is 120 Å². The molecule has 0 spiro atoms. The lowest BCUT2D eigenvalue weighted by Gasteiger charge is -2.15. The lowest BCUT2D eigenvalue weighted by molar-refractivity contribution is -0.385. The monoisotopic (exact) mass is 289 g/mol. The minimum Gasteiger partial charge on any atom is -0.358 e. The number of pyridine rings is 1. The normalized spacial score (nSPS) is 11.8. The van der Waals surface area contributed by atoms with Gasteiger partial charge in [-0.1, -0.05) is 0 Å². The summed E-state index contributed by atoms with van der Waals surface area (Å²) in [5, 5.41) is 14.2. The van der Waals surface area contributed by atoms with Crippen molar-refractivity contribution in [2.75, 3.05) is 10.7 Å². The Kier molecular flexibility index (Phi) is 4.24. The first kappa shape index (κ1) is 14.6. The van der Waals surface area contributed by atoms with E-state index in [9.17, 15) is 10.1 Å². The fourth-order valence-corrected chi connectivity index (χ4v) is 1.89. The number of hydrogen-bond donors (Lipinski definition) is 3. The number of nitrogens with zero attached hydrogens (tertiary/aromatic N) is 4. The van der Waals surface area contributed by atoms with Gasteiger partial charge in [0, 0.05) is 12.4 Å². The number of nitrogen functional groups attached to an aromatic ring is 1. The third-order valence-electron chi connectivity index (χ3n) is 2.93. The standard InChI is InChI=1S/C12H15N7O2/c1-7(9-3-5-14-6-4-9)15-11-10(19(20)21)8(2)16-12(17-11)18-13/h3-7H,13H2,1-2H3,(H2,15,16,17,18). The molecule has 0 aliphatic rings. The van der Waals surface area contributed by atoms with Gasteiger partial charge < -0.3 is 5.32 Å². The number of nitrogens with two attached hydrogens (primary N) is 1. The van der Waals surface area contributed by atoms with Crippen LogP contribution in [-0.4, -0.2) is 19.9 Å². The summed E-state index contributed by atoms with van der Waals surface area (Å²) < 4.78 is 0. The van der Waals surface area contributed by atoms with Crippen LogP contribution in [0.15, 0.2) is 24.5 Å². The zero-order valence-corrected chi connectivity index (χ0v) is 11.6. The zero-order chi connectivity index (χ0) is 15.4. The number of hydrogen-bond acceptors (Lipinski definition) is 8. The molecule has 2 rings (SSSR count). The average molecular weight is 289 g/mol. The molecule has 0 radical (unpaired) electrons. The minimum absolute atomic E-state index is 0.113. The predicted molar refractivity (Wildman–Crippen MR) is 77.5 cm³/mol. The summed E-state index contributed by atoms with van der Waals surface area (Å²) in [6, 6.07) is 3.45. The minimum atomic E-state index is -0.517. The van der Waals surface area contributed by atoms with Gasteiger partial charge in [-0.25, -0.2) is 10.8 Å². The van der Waals surface area contributed by atoms with Gasteiger partial charge in [-0.2, -0.15) is 4.98 Å². The van der Waals surface area contributed by atoms with E-state index in [1.165, 1.54) is 6.92 Å². The topological polar surface area (TPSA) is 132 Å². The number of hydrazine groups is 1. The fourth-order valence-electron chi connectivity index (χ4n) is 1.89. The number of aryl methyl sites for hydroxylation is 1. The number of nitrogens with one attached hydrogen (secondary N) is 2. The van der Waals surface area contributed by atoms with E-state index in [0.717, 1.165) is 5.56 Å². The molecule has 0 amide bonds. The molecule has 1 atom stereocenters. The summed E-state index contributed by atoms with van der Waals surface area (Å²) in [7, 11) is 0. The highest BCUT2D eigenvalue weighted by molar-refractivity contribution is 5.61. The molecule has 110 valence electrons. The van der Waals surface area contributed by atoms with Crippen LogP contribution in [0.5, 0.6) is 0 Å². The maximum atomic E-state index is 11.2. The van der Waals surface area contributed by atoms with Crippen molar-refractivity contribution in [1.29, 1.82) is 0 Å². The van der Waals surface area contributed by atoms with Gasteiger partial charge >= 0.3 is 5.69 Å². The molecule has 2 aromatic heterocycles. The van der Waals surface area contributed by atoms with Gasteiger partial charge in [0.1, 0.15) is 5.69 Å². The molecule has 9 nitrogen and oxygen atoms in total. The number of rotatable bonds is 5. The second-order valence-corrected chi connectivity index (χ2v) is 4.38. The lowest BCUT2D eigenvalue weighted by atomic mass is 10.1. The van der Waals surface area contributed by atoms with Crippen molar-refractivity contribution in [2.45, 2.75) is 19.9 Å². The summed E-state index contributed by atoms with van der Waals surface area (Å²) >= 11 is 0. The van der Waals surface area contributed by atoms with Crippen LogP contribution in [-0.2, 0) is 0 Å². The molecule has 0 saturated heterocycles. The van der Waals surface area contributed by atoms with E-state index < -0.39 is 4.92 Å². The van der Waals surface area contributed by atoms with Crippen LogP contribution < -0.4 is 16.6 Å². The fraction of sp³-hybridized carbons (Fsp3) is 0.250. The van der Waals surface area contributed by atoms with E-state index in [1.807, 2.05) is 19.1 Å². The SMILES string of the molecule is Cc1nc(NN)nc(NC(C)c2ccncc2)c1[N+](=O)[O-]. The van der Waals surface area contributed by atoms with Crippen LogP contribution in [0.25, 0.3) is 0 Å². The Morgan fingerprint density at radius 3 is 2.57 bits per heavy atom. The summed E-state index contributed by atoms with van der Waals surface area (Å²) in [6.45, 7) is 3.40. The van der Waals surface area contributed by atoms with E-state index in [0.29, 0.717) is 0 Å². The van der Waals surface area contributed by atoms with Crippen molar-refractivity contribution in [1.82, 2.24) is 15.0 Å². The first-order chi connectivity index (χ1) is 10.0. The van der Waals surface area contributed by atoms with Gasteiger partial charge in [0.2, 0.25) is 11.8 Å². The van der Waals surface area contributed by atoms with E-state index >= 15 is 0 Å². The van der Waals surface area contributed by atoms with Gasteiger partial charge in [0.15, 0.2) is 0 Å². The van der Waals surface area contributed by atoms with Crippen molar-refractivity contribution in [2.24, 2.45) is 5.84 Å². The van der Waals surface area contributed by atoms with E-state index in [4.69, 9.17) is 5.84 Å². The van der Waals surface area contributed by atoms with Crippen LogP contribution >= 0.6 is 0 Å². The maximum Gasteiger partial charge on any atom is 0.332 e. The van der Waals surface area contributed by atoms with Crippen molar-refractivity contribution in [3.05, 3.63) is 45.9 Å². The Morgan fingerprint density at radius 1 is 1.33 bits per heavy atom. The Morgan fingerprint density at radius 2 is 2.00 bits per heavy atom. The Balaban J connectivity index is 2.38. The molecule has 0 saturated carbocycles. The first-order valence-corrected chi connectivity index (χ1v) is 6.19. The van der Waals surface area contributed by atoms with Gasteiger partial charge in [0.25, 0.3) is 0 Å². The Bertz CT molecular complexity index is 648. The van der Waals surface area contributed by atoms with Crippen LogP contribution in [0.4, 0.5) is 17.5 Å². The largest absolute Gasteiger partial charge is 0.358 e. The van der Waals surface area contributed by atoms with E-state index in [-0.39, 0.29) is 29.2 Å². The molecule has 0 aliphatic carbocycles. The number of nitro groups is 1. The molecule has 2 heterocycles. The van der Waals surface area contributed by atoms with Gasteiger partial charge in [-0.05, 0) is 31.5 Å². The van der Waals surface area contributed by atoms with E-state index in [2.05, 4.69) is 25.7 Å². The molecular formula is C12H15N7O2. The van der Waals surface area contributed by atoms with E-state index in [1.54, 1.807) is 12.4 Å². The van der Waals surface area contributed by atoms with Crippen LogP contribution in [0.3, 0.4) is 0 Å². The van der Waals surface area contributed by atoms with Gasteiger partial charge in [0.05, 0.1) is 11.0 Å². The van der Waals surface area contributed by atoms with Crippen molar-refractivity contribution in [3.63, 3.8) is 0 Å². The molecule has 0 aliphatic heterocycles. The predicted octanol–water partition coefficient (Wildman–Crippen LogP) is 1.55. The third kappa shape index (κ3) is 3.20. The average Bonchev–Trinajstić information content (AvgIpc) is 2.47. The van der Waals surface area contributed by atoms with Crippen LogP contribution in [0.1, 0.15) is 24.2 Å². The summed E-state index contributed by atoms with van der Waals surface area (Å²) in [5.74, 6) is 5.50. The molecule has 4 N–H and O–H groups in total. The Hall–Kier alpha value is -2.81. The van der Waals surface area contributed by atoms with Crippen molar-refractivity contribution < 1.29 is 4.92 Å². The zero-order valence-electron chi connectivity index (χ0n) is 11.6. The summed E-state index contributed by atoms with van der Waals surface area (Å²) in [4.78, 5) is 22.5. The maximum absolute atomic E-state index is 11.2. The number of anilines is 2. The quantitative estimate of drug-likeness (QED) is 0.429. The first-order valence-electron chi connectivity index (χ1n) is 6.19. The molecular weight excluding hydrogens is 274 g/mol.